The third-order valence-electron chi connectivity index (χ3n) is 5.60. The van der Waals surface area contributed by atoms with E-state index in [1.54, 1.807) is 0 Å². The Kier molecular flexibility index (Phi) is 5.64. The zero-order valence-corrected chi connectivity index (χ0v) is 15.3. The molecular weight excluding hydrogens is 316 g/mol. The quantitative estimate of drug-likeness (QED) is 0.832. The first-order valence-corrected chi connectivity index (χ1v) is 9.31. The SMILES string of the molecule is CC(C)(CO)C(CNC(=O)N1CCOCC1C1CC1)c1ccccc1. The van der Waals surface area contributed by atoms with Gasteiger partial charge in [0.25, 0.3) is 0 Å². The minimum Gasteiger partial charge on any atom is -0.396 e. The largest absolute Gasteiger partial charge is 0.396 e. The van der Waals surface area contributed by atoms with Crippen molar-refractivity contribution in [2.45, 2.75) is 38.6 Å². The summed E-state index contributed by atoms with van der Waals surface area (Å²) in [7, 11) is 0. The molecule has 2 fully saturated rings. The Morgan fingerprint density at radius 2 is 2.08 bits per heavy atom. The van der Waals surface area contributed by atoms with Crippen molar-refractivity contribution in [3.63, 3.8) is 0 Å². The first-order chi connectivity index (χ1) is 12.0. The van der Waals surface area contributed by atoms with E-state index in [1.165, 1.54) is 12.8 Å². The Balaban J connectivity index is 1.67. The number of aliphatic hydroxyl groups excluding tert-OH is 1. The molecule has 0 bridgehead atoms. The molecule has 3 rings (SSSR count). The van der Waals surface area contributed by atoms with E-state index >= 15 is 0 Å². The fraction of sp³-hybridized carbons (Fsp3) is 0.650. The molecule has 1 saturated carbocycles. The lowest BCUT2D eigenvalue weighted by Gasteiger charge is -2.37. The number of hydrogen-bond donors (Lipinski definition) is 2. The molecule has 0 spiro atoms. The van der Waals surface area contributed by atoms with E-state index in [0.29, 0.717) is 32.2 Å². The number of benzene rings is 1. The number of carbonyl (C=O) groups is 1. The number of nitrogens with zero attached hydrogens (tertiary/aromatic N) is 1. The number of aliphatic hydroxyl groups is 1. The summed E-state index contributed by atoms with van der Waals surface area (Å²) in [4.78, 5) is 14.7. The standard InChI is InChI=1S/C20H30N2O3/c1-20(2,14-23)17(15-6-4-3-5-7-15)12-21-19(24)22-10-11-25-13-18(22)16-8-9-16/h3-7,16-18,23H,8-14H2,1-2H3,(H,21,24). The van der Waals surface area contributed by atoms with Gasteiger partial charge in [-0.15, -0.1) is 0 Å². The summed E-state index contributed by atoms with van der Waals surface area (Å²) in [6, 6.07) is 10.3. The predicted octanol–water partition coefficient (Wildman–Crippen LogP) is 2.61. The molecule has 5 nitrogen and oxygen atoms in total. The Morgan fingerprint density at radius 3 is 2.72 bits per heavy atom. The topological polar surface area (TPSA) is 61.8 Å². The summed E-state index contributed by atoms with van der Waals surface area (Å²) in [5, 5.41) is 12.9. The second kappa shape index (κ2) is 7.75. The molecule has 2 N–H and O–H groups in total. The van der Waals surface area contributed by atoms with Crippen LogP contribution in [0.4, 0.5) is 4.79 Å². The number of hydrogen-bond acceptors (Lipinski definition) is 3. The third kappa shape index (κ3) is 4.33. The Hall–Kier alpha value is -1.59. The van der Waals surface area contributed by atoms with Gasteiger partial charge in [0.05, 0.1) is 19.3 Å². The molecule has 1 aliphatic heterocycles. The van der Waals surface area contributed by atoms with Gasteiger partial charge in [0.2, 0.25) is 0 Å². The fourth-order valence-corrected chi connectivity index (χ4v) is 3.68. The molecule has 2 aliphatic rings. The van der Waals surface area contributed by atoms with Gasteiger partial charge in [-0.05, 0) is 29.7 Å². The highest BCUT2D eigenvalue weighted by molar-refractivity contribution is 5.74. The van der Waals surface area contributed by atoms with Crippen LogP contribution >= 0.6 is 0 Å². The van der Waals surface area contributed by atoms with Gasteiger partial charge in [0, 0.05) is 25.6 Å². The molecule has 138 valence electrons. The second-order valence-electron chi connectivity index (χ2n) is 7.97. The van der Waals surface area contributed by atoms with Crippen molar-refractivity contribution in [1.82, 2.24) is 10.2 Å². The minimum absolute atomic E-state index is 0.00475. The first kappa shape index (κ1) is 18.2. The van der Waals surface area contributed by atoms with Crippen molar-refractivity contribution >= 4 is 6.03 Å². The van der Waals surface area contributed by atoms with Crippen LogP contribution in [0.25, 0.3) is 0 Å². The van der Waals surface area contributed by atoms with Gasteiger partial charge < -0.3 is 20.1 Å². The number of rotatable bonds is 6. The molecule has 5 heteroatoms. The van der Waals surface area contributed by atoms with E-state index in [4.69, 9.17) is 4.74 Å². The lowest BCUT2D eigenvalue weighted by Crippen LogP contribution is -2.54. The van der Waals surface area contributed by atoms with E-state index < -0.39 is 0 Å². The Bertz CT molecular complexity index is 572. The monoisotopic (exact) mass is 346 g/mol. The van der Waals surface area contributed by atoms with Crippen LogP contribution in [0.5, 0.6) is 0 Å². The number of ether oxygens (including phenoxy) is 1. The summed E-state index contributed by atoms with van der Waals surface area (Å²) >= 11 is 0. The lowest BCUT2D eigenvalue weighted by atomic mass is 9.75. The average Bonchev–Trinajstić information content (AvgIpc) is 3.47. The molecule has 1 aromatic rings. The number of urea groups is 1. The Labute approximate surface area is 150 Å². The van der Waals surface area contributed by atoms with Crippen LogP contribution in [0.15, 0.2) is 30.3 Å². The van der Waals surface area contributed by atoms with Crippen molar-refractivity contribution in [3.8, 4) is 0 Å². The van der Waals surface area contributed by atoms with Gasteiger partial charge in [-0.3, -0.25) is 0 Å². The van der Waals surface area contributed by atoms with Gasteiger partial charge in [-0.1, -0.05) is 44.2 Å². The van der Waals surface area contributed by atoms with Crippen LogP contribution in [-0.2, 0) is 4.74 Å². The molecular formula is C20H30N2O3. The molecule has 2 atom stereocenters. The van der Waals surface area contributed by atoms with Crippen molar-refractivity contribution < 1.29 is 14.6 Å². The molecule has 2 unspecified atom stereocenters. The molecule has 0 aromatic heterocycles. The Morgan fingerprint density at radius 1 is 1.36 bits per heavy atom. The number of carbonyl (C=O) groups excluding carboxylic acids is 1. The normalized spacial score (nSPS) is 22.5. The van der Waals surface area contributed by atoms with Gasteiger partial charge in [-0.2, -0.15) is 0 Å². The van der Waals surface area contributed by atoms with Crippen LogP contribution in [0.3, 0.4) is 0 Å². The summed E-state index contributed by atoms with van der Waals surface area (Å²) < 4.78 is 5.58. The molecule has 1 aromatic carbocycles. The van der Waals surface area contributed by atoms with Crippen LogP contribution in [0.2, 0.25) is 0 Å². The van der Waals surface area contributed by atoms with Crippen molar-refractivity contribution in [3.05, 3.63) is 35.9 Å². The van der Waals surface area contributed by atoms with E-state index in [0.717, 1.165) is 5.56 Å². The summed E-state index contributed by atoms with van der Waals surface area (Å²) in [6.07, 6.45) is 2.39. The van der Waals surface area contributed by atoms with Crippen molar-refractivity contribution in [2.75, 3.05) is 32.9 Å². The maximum atomic E-state index is 12.8. The molecule has 1 heterocycles. The lowest BCUT2D eigenvalue weighted by molar-refractivity contribution is 0.00435. The fourth-order valence-electron chi connectivity index (χ4n) is 3.68. The minimum atomic E-state index is -0.310. The van der Waals surface area contributed by atoms with Crippen LogP contribution in [-0.4, -0.2) is 55.0 Å². The summed E-state index contributed by atoms with van der Waals surface area (Å²) in [5.74, 6) is 0.660. The molecule has 2 amide bonds. The van der Waals surface area contributed by atoms with E-state index in [2.05, 4.69) is 17.4 Å². The number of morpholine rings is 1. The van der Waals surface area contributed by atoms with Gasteiger partial charge in [0.1, 0.15) is 0 Å². The third-order valence-corrected chi connectivity index (χ3v) is 5.60. The predicted molar refractivity (Wildman–Crippen MR) is 97.5 cm³/mol. The summed E-state index contributed by atoms with van der Waals surface area (Å²) in [5.41, 5.74) is 0.831. The van der Waals surface area contributed by atoms with Gasteiger partial charge in [0.15, 0.2) is 0 Å². The van der Waals surface area contributed by atoms with Crippen LogP contribution in [0, 0.1) is 11.3 Å². The van der Waals surface area contributed by atoms with Crippen LogP contribution < -0.4 is 5.32 Å². The zero-order chi connectivity index (χ0) is 17.9. The molecule has 0 radical (unpaired) electrons. The smallest absolute Gasteiger partial charge is 0.317 e. The number of amides is 2. The maximum absolute atomic E-state index is 12.8. The zero-order valence-electron chi connectivity index (χ0n) is 15.3. The number of nitrogens with one attached hydrogen (secondary N) is 1. The highest BCUT2D eigenvalue weighted by Gasteiger charge is 2.39. The summed E-state index contributed by atoms with van der Waals surface area (Å²) in [6.45, 7) is 6.60. The molecule has 1 aliphatic carbocycles. The maximum Gasteiger partial charge on any atom is 0.317 e. The van der Waals surface area contributed by atoms with Crippen molar-refractivity contribution in [1.29, 1.82) is 0 Å². The van der Waals surface area contributed by atoms with Gasteiger partial charge in [-0.25, -0.2) is 4.79 Å². The van der Waals surface area contributed by atoms with Gasteiger partial charge >= 0.3 is 6.03 Å². The van der Waals surface area contributed by atoms with E-state index in [-0.39, 0.29) is 30.0 Å². The van der Waals surface area contributed by atoms with E-state index in [9.17, 15) is 9.90 Å². The highest BCUT2D eigenvalue weighted by atomic mass is 16.5. The molecule has 1 saturated heterocycles. The average molecular weight is 346 g/mol. The van der Waals surface area contributed by atoms with Crippen molar-refractivity contribution in [2.24, 2.45) is 11.3 Å². The second-order valence-corrected chi connectivity index (χ2v) is 7.97. The van der Waals surface area contributed by atoms with Crippen LogP contribution in [0.1, 0.15) is 38.2 Å². The first-order valence-electron chi connectivity index (χ1n) is 9.31. The van der Waals surface area contributed by atoms with E-state index in [1.807, 2.05) is 36.9 Å². The molecule has 25 heavy (non-hydrogen) atoms. The highest BCUT2D eigenvalue weighted by Crippen LogP contribution is 2.37.